The molecule has 146 valence electrons. The number of hydrogen-bond acceptors (Lipinski definition) is 4. The van der Waals surface area contributed by atoms with Crippen LogP contribution in [-0.4, -0.2) is 25.5 Å². The summed E-state index contributed by atoms with van der Waals surface area (Å²) in [6, 6.07) is 12.6. The molecule has 1 aliphatic carbocycles. The first kappa shape index (κ1) is 20.4. The minimum Gasteiger partial charge on any atom is -0.497 e. The van der Waals surface area contributed by atoms with E-state index in [-0.39, 0.29) is 18.3 Å². The van der Waals surface area contributed by atoms with Crippen molar-refractivity contribution in [2.45, 2.75) is 19.3 Å². The molecule has 3 rings (SSSR count). The summed E-state index contributed by atoms with van der Waals surface area (Å²) in [5.41, 5.74) is 2.49. The normalized spacial score (nSPS) is 19.1. The molecule has 0 bridgehead atoms. The molecule has 0 radical (unpaired) electrons. The number of rotatable bonds is 5. The van der Waals surface area contributed by atoms with Crippen LogP contribution in [0.3, 0.4) is 0 Å². The molecule has 28 heavy (non-hydrogen) atoms. The molecule has 0 saturated heterocycles. The summed E-state index contributed by atoms with van der Waals surface area (Å²) in [6.07, 6.45) is 2.01. The molecule has 1 aliphatic rings. The summed E-state index contributed by atoms with van der Waals surface area (Å²) in [6.45, 7) is 1.95. The minimum atomic E-state index is -0.875. The first-order valence-electron chi connectivity index (χ1n) is 8.95. The van der Waals surface area contributed by atoms with Crippen LogP contribution in [0, 0.1) is 5.92 Å². The molecule has 2 aromatic rings. The number of esters is 1. The SMILES string of the molecule is CCOC(=O)C1C(=O)C=C(c2ccc(Cl)c(Cl)c2)CC1c1ccc(OC)cc1. The average Bonchev–Trinajstić information content (AvgIpc) is 2.69. The van der Waals surface area contributed by atoms with Crippen LogP contribution >= 0.6 is 23.2 Å². The standard InChI is InChI=1S/C22H20Cl2O4/c1-3-28-22(26)21-17(13-4-7-16(27-2)8-5-13)10-15(12-20(21)25)14-6-9-18(23)19(24)11-14/h4-9,11-12,17,21H,3,10H2,1-2H3. The quantitative estimate of drug-likeness (QED) is 0.486. The molecule has 2 aromatic carbocycles. The highest BCUT2D eigenvalue weighted by Gasteiger charge is 2.39. The van der Waals surface area contributed by atoms with Gasteiger partial charge in [-0.15, -0.1) is 0 Å². The summed E-state index contributed by atoms with van der Waals surface area (Å²) in [4.78, 5) is 25.4. The topological polar surface area (TPSA) is 52.6 Å². The van der Waals surface area contributed by atoms with Crippen molar-refractivity contribution in [3.63, 3.8) is 0 Å². The number of benzene rings is 2. The van der Waals surface area contributed by atoms with E-state index in [0.29, 0.717) is 22.2 Å². The molecule has 6 heteroatoms. The van der Waals surface area contributed by atoms with Crippen molar-refractivity contribution in [2.75, 3.05) is 13.7 Å². The van der Waals surface area contributed by atoms with Gasteiger partial charge in [0.25, 0.3) is 0 Å². The highest BCUT2D eigenvalue weighted by Crippen LogP contribution is 2.41. The first-order valence-corrected chi connectivity index (χ1v) is 9.70. The van der Waals surface area contributed by atoms with Crippen molar-refractivity contribution < 1.29 is 19.1 Å². The Morgan fingerprint density at radius 1 is 1.11 bits per heavy atom. The highest BCUT2D eigenvalue weighted by molar-refractivity contribution is 6.42. The van der Waals surface area contributed by atoms with Gasteiger partial charge in [0.1, 0.15) is 11.7 Å². The molecule has 0 amide bonds. The molecule has 0 heterocycles. The number of halogens is 2. The van der Waals surface area contributed by atoms with Gasteiger partial charge in [-0.2, -0.15) is 0 Å². The minimum absolute atomic E-state index is 0.224. The Morgan fingerprint density at radius 3 is 2.43 bits per heavy atom. The molecule has 0 saturated carbocycles. The molecule has 0 fully saturated rings. The van der Waals surface area contributed by atoms with Gasteiger partial charge >= 0.3 is 5.97 Å². The van der Waals surface area contributed by atoms with E-state index < -0.39 is 11.9 Å². The van der Waals surface area contributed by atoms with E-state index in [1.807, 2.05) is 30.3 Å². The zero-order valence-corrected chi connectivity index (χ0v) is 17.1. The van der Waals surface area contributed by atoms with Crippen LogP contribution in [0.1, 0.15) is 30.4 Å². The number of allylic oxidation sites excluding steroid dienone is 2. The molecular formula is C22H20Cl2O4. The van der Waals surface area contributed by atoms with E-state index >= 15 is 0 Å². The van der Waals surface area contributed by atoms with Crippen molar-refractivity contribution >= 4 is 40.5 Å². The van der Waals surface area contributed by atoms with E-state index in [4.69, 9.17) is 32.7 Å². The van der Waals surface area contributed by atoms with Crippen LogP contribution in [0.2, 0.25) is 10.0 Å². The van der Waals surface area contributed by atoms with E-state index in [2.05, 4.69) is 0 Å². The number of methoxy groups -OCH3 is 1. The largest absolute Gasteiger partial charge is 0.497 e. The predicted molar refractivity (Wildman–Crippen MR) is 110 cm³/mol. The Morgan fingerprint density at radius 2 is 1.82 bits per heavy atom. The van der Waals surface area contributed by atoms with E-state index in [1.54, 1.807) is 26.2 Å². The monoisotopic (exact) mass is 418 g/mol. The smallest absolute Gasteiger partial charge is 0.317 e. The molecule has 0 spiro atoms. The van der Waals surface area contributed by atoms with Gasteiger partial charge in [0.15, 0.2) is 5.78 Å². The fourth-order valence-corrected chi connectivity index (χ4v) is 3.74. The summed E-state index contributed by atoms with van der Waals surface area (Å²) in [7, 11) is 1.59. The molecule has 0 aliphatic heterocycles. The lowest BCUT2D eigenvalue weighted by Crippen LogP contribution is -2.34. The van der Waals surface area contributed by atoms with Gasteiger partial charge in [0.05, 0.1) is 23.8 Å². The van der Waals surface area contributed by atoms with Crippen LogP contribution in [0.5, 0.6) is 5.75 Å². The molecule has 0 N–H and O–H groups in total. The fraction of sp³-hybridized carbons (Fsp3) is 0.273. The molecule has 0 aromatic heterocycles. The molecule has 2 atom stereocenters. The van der Waals surface area contributed by atoms with E-state index in [0.717, 1.165) is 16.7 Å². The molecule has 2 unspecified atom stereocenters. The Bertz CT molecular complexity index is 919. The second-order valence-corrected chi connectivity index (χ2v) is 7.33. The lowest BCUT2D eigenvalue weighted by molar-refractivity contribution is -0.151. The van der Waals surface area contributed by atoms with Gasteiger partial charge in [0, 0.05) is 5.92 Å². The Hall–Kier alpha value is -2.30. The van der Waals surface area contributed by atoms with Crippen LogP contribution in [-0.2, 0) is 14.3 Å². The van der Waals surface area contributed by atoms with Crippen LogP contribution in [0.15, 0.2) is 48.5 Å². The van der Waals surface area contributed by atoms with Gasteiger partial charge in [-0.3, -0.25) is 9.59 Å². The van der Waals surface area contributed by atoms with E-state index in [9.17, 15) is 9.59 Å². The molecule has 4 nitrogen and oxygen atoms in total. The second-order valence-electron chi connectivity index (χ2n) is 6.51. The maximum Gasteiger partial charge on any atom is 0.317 e. The highest BCUT2D eigenvalue weighted by atomic mass is 35.5. The zero-order valence-electron chi connectivity index (χ0n) is 15.6. The maximum atomic E-state index is 12.9. The summed E-state index contributed by atoms with van der Waals surface area (Å²) in [5.74, 6) is -1.28. The zero-order chi connectivity index (χ0) is 20.3. The maximum absolute atomic E-state index is 12.9. The molecular weight excluding hydrogens is 399 g/mol. The third-order valence-corrected chi connectivity index (χ3v) is 5.58. The number of carbonyl (C=O) groups excluding carboxylic acids is 2. The third kappa shape index (κ3) is 4.23. The number of ether oxygens (including phenoxy) is 2. The van der Waals surface area contributed by atoms with Crippen molar-refractivity contribution in [1.82, 2.24) is 0 Å². The summed E-state index contributed by atoms with van der Waals surface area (Å²) >= 11 is 12.2. The van der Waals surface area contributed by atoms with Gasteiger partial charge in [-0.25, -0.2) is 0 Å². The average molecular weight is 419 g/mol. The Kier molecular flexibility index (Phi) is 6.42. The van der Waals surface area contributed by atoms with Crippen molar-refractivity contribution in [3.8, 4) is 5.75 Å². The van der Waals surface area contributed by atoms with Gasteiger partial charge < -0.3 is 9.47 Å². The number of carbonyl (C=O) groups is 2. The van der Waals surface area contributed by atoms with Crippen molar-refractivity contribution in [1.29, 1.82) is 0 Å². The van der Waals surface area contributed by atoms with Crippen LogP contribution in [0.4, 0.5) is 0 Å². The lowest BCUT2D eigenvalue weighted by atomic mass is 9.73. The van der Waals surface area contributed by atoms with Crippen LogP contribution in [0.25, 0.3) is 5.57 Å². The first-order chi connectivity index (χ1) is 13.4. The van der Waals surface area contributed by atoms with E-state index in [1.165, 1.54) is 6.08 Å². The Labute approximate surface area is 174 Å². The summed E-state index contributed by atoms with van der Waals surface area (Å²) in [5, 5.41) is 0.866. The van der Waals surface area contributed by atoms with Gasteiger partial charge in [-0.1, -0.05) is 41.4 Å². The van der Waals surface area contributed by atoms with Gasteiger partial charge in [-0.05, 0) is 60.4 Å². The summed E-state index contributed by atoms with van der Waals surface area (Å²) < 4.78 is 10.4. The number of hydrogen-bond donors (Lipinski definition) is 0. The van der Waals surface area contributed by atoms with Crippen LogP contribution < -0.4 is 4.74 Å². The van der Waals surface area contributed by atoms with Gasteiger partial charge in [0.2, 0.25) is 0 Å². The number of ketones is 1. The Balaban J connectivity index is 2.02. The lowest BCUT2D eigenvalue weighted by Gasteiger charge is -2.29. The predicted octanol–water partition coefficient (Wildman–Crippen LogP) is 5.32. The fourth-order valence-electron chi connectivity index (χ4n) is 3.44. The van der Waals surface area contributed by atoms with Crippen molar-refractivity contribution in [2.24, 2.45) is 5.92 Å². The van der Waals surface area contributed by atoms with Crippen molar-refractivity contribution in [3.05, 3.63) is 69.7 Å². The second kappa shape index (κ2) is 8.80. The third-order valence-electron chi connectivity index (χ3n) is 4.84.